The van der Waals surface area contributed by atoms with Crippen LogP contribution in [0.1, 0.15) is 37.6 Å². The van der Waals surface area contributed by atoms with E-state index in [4.69, 9.17) is 0 Å². The van der Waals surface area contributed by atoms with Gasteiger partial charge in [0.25, 0.3) is 5.56 Å². The normalized spacial score (nSPS) is 21.5. The maximum atomic E-state index is 13.6. The number of aliphatic hydroxyl groups is 1. The summed E-state index contributed by atoms with van der Waals surface area (Å²) >= 11 is 0. The van der Waals surface area contributed by atoms with Gasteiger partial charge in [0.2, 0.25) is 5.91 Å². The van der Waals surface area contributed by atoms with E-state index in [0.29, 0.717) is 30.8 Å². The lowest BCUT2D eigenvalue weighted by molar-refractivity contribution is -0.121. The van der Waals surface area contributed by atoms with Gasteiger partial charge in [-0.05, 0) is 30.7 Å². The minimum absolute atomic E-state index is 0.0225. The van der Waals surface area contributed by atoms with Crippen molar-refractivity contribution in [2.45, 2.75) is 44.7 Å². The van der Waals surface area contributed by atoms with Crippen LogP contribution in [0.4, 0.5) is 14.9 Å². The van der Waals surface area contributed by atoms with Gasteiger partial charge < -0.3 is 24.6 Å². The Kier molecular flexibility index (Phi) is 6.94. The van der Waals surface area contributed by atoms with Crippen molar-refractivity contribution < 1.29 is 24.2 Å². The van der Waals surface area contributed by atoms with Crippen molar-refractivity contribution in [3.63, 3.8) is 0 Å². The molecule has 2 aliphatic rings. The third kappa shape index (κ3) is 4.75. The molecule has 1 saturated heterocycles. The van der Waals surface area contributed by atoms with Crippen molar-refractivity contribution in [3.05, 3.63) is 63.3 Å². The van der Waals surface area contributed by atoms with Crippen LogP contribution in [-0.4, -0.2) is 81.4 Å². The van der Waals surface area contributed by atoms with Gasteiger partial charge in [-0.15, -0.1) is 0 Å². The first-order valence-electron chi connectivity index (χ1n) is 12.1. The van der Waals surface area contributed by atoms with Gasteiger partial charge in [0.05, 0.1) is 30.6 Å². The second kappa shape index (κ2) is 9.67. The zero-order valence-electron chi connectivity index (χ0n) is 21.1. The van der Waals surface area contributed by atoms with E-state index in [9.17, 15) is 29.0 Å². The number of hydrogen-bond donors (Lipinski definition) is 2. The molecule has 10 heteroatoms. The lowest BCUT2D eigenvalue weighted by Crippen LogP contribution is -2.61. The molecule has 4 rings (SSSR count). The van der Waals surface area contributed by atoms with E-state index in [2.05, 4.69) is 0 Å². The number of anilines is 1. The Hall–Kier alpha value is -3.24. The SMILES string of the molecule is C[C@@H]1CN(CC(=O)N2CC(C)(C)c3c2cc(Cc2ccc(F)cc2)c(=O)n3C)[C@@H](CO)CN1C(=O)O. The molecule has 0 aliphatic carbocycles. The molecule has 194 valence electrons. The summed E-state index contributed by atoms with van der Waals surface area (Å²) in [7, 11) is 1.71. The van der Waals surface area contributed by atoms with Crippen LogP contribution in [0.3, 0.4) is 0 Å². The maximum absolute atomic E-state index is 13.6. The summed E-state index contributed by atoms with van der Waals surface area (Å²) in [6.45, 7) is 6.37. The smallest absolute Gasteiger partial charge is 0.407 e. The van der Waals surface area contributed by atoms with Crippen LogP contribution in [0.25, 0.3) is 0 Å². The standard InChI is InChI=1S/C26H33FN4O5/c1-16-11-29(20(14-32)12-30(16)25(35)36)13-22(33)31-15-26(2,3)23-21(31)10-18(24(34)28(23)4)9-17-5-7-19(27)8-6-17/h5-8,10,16,20,32H,9,11-15H2,1-4H3,(H,35,36)/t16-,20-/m1/s1. The predicted octanol–water partition coefficient (Wildman–Crippen LogP) is 1.78. The molecule has 2 N–H and O–H groups in total. The average molecular weight is 501 g/mol. The Balaban J connectivity index is 1.63. The summed E-state index contributed by atoms with van der Waals surface area (Å²) in [5.41, 5.74) is 2.13. The monoisotopic (exact) mass is 500 g/mol. The number of aromatic nitrogens is 1. The summed E-state index contributed by atoms with van der Waals surface area (Å²) in [6, 6.07) is 6.96. The molecule has 36 heavy (non-hydrogen) atoms. The molecule has 1 aromatic carbocycles. The minimum Gasteiger partial charge on any atom is -0.465 e. The summed E-state index contributed by atoms with van der Waals surface area (Å²) in [5.74, 6) is -0.526. The molecule has 0 spiro atoms. The molecule has 9 nitrogen and oxygen atoms in total. The Morgan fingerprint density at radius 2 is 1.83 bits per heavy atom. The highest BCUT2D eigenvalue weighted by Crippen LogP contribution is 2.40. The Morgan fingerprint density at radius 3 is 2.44 bits per heavy atom. The second-order valence-electron chi connectivity index (χ2n) is 10.5. The molecule has 2 aliphatic heterocycles. The molecule has 2 atom stereocenters. The molecular weight excluding hydrogens is 467 g/mol. The van der Waals surface area contributed by atoms with Crippen molar-refractivity contribution in [2.75, 3.05) is 37.7 Å². The number of carboxylic acid groups (broad SMARTS) is 1. The van der Waals surface area contributed by atoms with Gasteiger partial charge in [0.15, 0.2) is 0 Å². The molecule has 0 bridgehead atoms. The fourth-order valence-corrected chi connectivity index (χ4v) is 5.52. The maximum Gasteiger partial charge on any atom is 0.407 e. The lowest BCUT2D eigenvalue weighted by atomic mass is 9.90. The number of pyridine rings is 1. The minimum atomic E-state index is -1.04. The number of hydrogen-bond acceptors (Lipinski definition) is 5. The molecular formula is C26H33FN4O5. The zero-order chi connectivity index (χ0) is 26.4. The van der Waals surface area contributed by atoms with E-state index < -0.39 is 17.6 Å². The molecule has 1 fully saturated rings. The van der Waals surface area contributed by atoms with Gasteiger partial charge >= 0.3 is 6.09 Å². The molecule has 2 aromatic rings. The Morgan fingerprint density at radius 1 is 1.17 bits per heavy atom. The van der Waals surface area contributed by atoms with Crippen LogP contribution in [0.15, 0.2) is 35.1 Å². The number of halogens is 1. The Labute approximate surface area is 209 Å². The van der Waals surface area contributed by atoms with Crippen LogP contribution in [0.5, 0.6) is 0 Å². The number of amides is 2. The van der Waals surface area contributed by atoms with E-state index in [0.717, 1.165) is 11.3 Å². The highest BCUT2D eigenvalue weighted by atomic mass is 19.1. The first kappa shape index (κ1) is 25.8. The van der Waals surface area contributed by atoms with Gasteiger partial charge in [-0.1, -0.05) is 26.0 Å². The predicted molar refractivity (Wildman–Crippen MR) is 133 cm³/mol. The lowest BCUT2D eigenvalue weighted by Gasteiger charge is -2.43. The fraction of sp³-hybridized carbons (Fsp3) is 0.500. The number of piperazine rings is 1. The second-order valence-corrected chi connectivity index (χ2v) is 10.5. The number of nitrogens with zero attached hydrogens (tertiary/aromatic N) is 4. The van der Waals surface area contributed by atoms with Crippen molar-refractivity contribution >= 4 is 17.7 Å². The van der Waals surface area contributed by atoms with Crippen LogP contribution >= 0.6 is 0 Å². The van der Waals surface area contributed by atoms with Gasteiger partial charge in [0.1, 0.15) is 5.82 Å². The third-order valence-corrected chi connectivity index (χ3v) is 7.31. The Bertz CT molecular complexity index is 1230. The summed E-state index contributed by atoms with van der Waals surface area (Å²) in [4.78, 5) is 43.1. The highest BCUT2D eigenvalue weighted by Gasteiger charge is 2.42. The van der Waals surface area contributed by atoms with Gasteiger partial charge in [-0.2, -0.15) is 0 Å². The molecule has 0 unspecified atom stereocenters. The van der Waals surface area contributed by atoms with Crippen LogP contribution < -0.4 is 10.5 Å². The first-order chi connectivity index (χ1) is 16.9. The number of fused-ring (bicyclic) bond motifs is 1. The molecule has 1 aromatic heterocycles. The summed E-state index contributed by atoms with van der Waals surface area (Å²) in [5, 5.41) is 19.3. The molecule has 0 radical (unpaired) electrons. The zero-order valence-corrected chi connectivity index (χ0v) is 21.1. The number of carbonyl (C=O) groups excluding carboxylic acids is 1. The topological polar surface area (TPSA) is 106 Å². The van der Waals surface area contributed by atoms with Gasteiger partial charge in [0, 0.05) is 50.1 Å². The number of aliphatic hydroxyl groups excluding tert-OH is 1. The highest BCUT2D eigenvalue weighted by molar-refractivity contribution is 5.97. The average Bonchev–Trinajstić information content (AvgIpc) is 3.09. The third-order valence-electron chi connectivity index (χ3n) is 7.31. The van der Waals surface area contributed by atoms with E-state index in [-0.39, 0.29) is 43.0 Å². The summed E-state index contributed by atoms with van der Waals surface area (Å²) < 4.78 is 14.9. The molecule has 3 heterocycles. The van der Waals surface area contributed by atoms with E-state index in [1.54, 1.807) is 41.6 Å². The first-order valence-corrected chi connectivity index (χ1v) is 12.1. The van der Waals surface area contributed by atoms with E-state index in [1.165, 1.54) is 17.0 Å². The van der Waals surface area contributed by atoms with E-state index >= 15 is 0 Å². The van der Waals surface area contributed by atoms with Crippen LogP contribution in [0.2, 0.25) is 0 Å². The van der Waals surface area contributed by atoms with Gasteiger partial charge in [-0.3, -0.25) is 14.5 Å². The fourth-order valence-electron chi connectivity index (χ4n) is 5.52. The van der Waals surface area contributed by atoms with Crippen LogP contribution in [-0.2, 0) is 23.7 Å². The van der Waals surface area contributed by atoms with Gasteiger partial charge in [-0.25, -0.2) is 9.18 Å². The summed E-state index contributed by atoms with van der Waals surface area (Å²) in [6.07, 6.45) is -0.735. The molecule has 0 saturated carbocycles. The number of benzene rings is 1. The van der Waals surface area contributed by atoms with Crippen molar-refractivity contribution in [1.82, 2.24) is 14.4 Å². The largest absolute Gasteiger partial charge is 0.465 e. The van der Waals surface area contributed by atoms with Crippen molar-refractivity contribution in [3.8, 4) is 0 Å². The number of rotatable bonds is 5. The van der Waals surface area contributed by atoms with Crippen molar-refractivity contribution in [2.24, 2.45) is 7.05 Å². The van der Waals surface area contributed by atoms with E-state index in [1.807, 2.05) is 18.7 Å². The number of carbonyl (C=O) groups is 2. The van der Waals surface area contributed by atoms with Crippen LogP contribution in [0, 0.1) is 5.82 Å². The quantitative estimate of drug-likeness (QED) is 0.649. The van der Waals surface area contributed by atoms with Crippen molar-refractivity contribution in [1.29, 1.82) is 0 Å². The molecule has 2 amide bonds.